The average Bonchev–Trinajstić information content (AvgIpc) is 2.88. The third-order valence-corrected chi connectivity index (χ3v) is 3.38. The number of thiophene rings is 1. The summed E-state index contributed by atoms with van der Waals surface area (Å²) in [7, 11) is 0. The van der Waals surface area contributed by atoms with E-state index in [0.29, 0.717) is 19.0 Å². The lowest BCUT2D eigenvalue weighted by molar-refractivity contribution is -0.132. The molecule has 1 heterocycles. The average molecular weight is 307 g/mol. The summed E-state index contributed by atoms with van der Waals surface area (Å²) in [5, 5.41) is 9.71. The van der Waals surface area contributed by atoms with Gasteiger partial charge in [-0.3, -0.25) is 4.99 Å². The molecule has 0 amide bonds. The standard InChI is InChI=1S/C13H20F3N3S/c1-3-17-12(18-6-5-13(14,15)16)19-8-10(2)11-4-7-20-9-11/h4,7,9-10H,3,5-6,8H2,1-2H3,(H2,17,18,19). The van der Waals surface area contributed by atoms with Crippen molar-refractivity contribution in [1.29, 1.82) is 0 Å². The first-order valence-electron chi connectivity index (χ1n) is 6.53. The van der Waals surface area contributed by atoms with Gasteiger partial charge in [-0.05, 0) is 29.3 Å². The van der Waals surface area contributed by atoms with Crippen LogP contribution in [0.2, 0.25) is 0 Å². The number of nitrogens with zero attached hydrogens (tertiary/aromatic N) is 1. The van der Waals surface area contributed by atoms with E-state index in [0.717, 1.165) is 0 Å². The number of hydrogen-bond donors (Lipinski definition) is 2. The summed E-state index contributed by atoms with van der Waals surface area (Å²) in [4.78, 5) is 4.32. The van der Waals surface area contributed by atoms with Gasteiger partial charge in [0.15, 0.2) is 5.96 Å². The molecule has 0 spiro atoms. The van der Waals surface area contributed by atoms with Crippen molar-refractivity contribution in [1.82, 2.24) is 10.6 Å². The maximum Gasteiger partial charge on any atom is 0.390 e. The minimum absolute atomic E-state index is 0.165. The number of halogens is 3. The SMILES string of the molecule is CCNC(=NCC(C)c1ccsc1)NCCC(F)(F)F. The third kappa shape index (κ3) is 6.79. The molecular weight excluding hydrogens is 287 g/mol. The molecule has 7 heteroatoms. The predicted molar refractivity (Wildman–Crippen MR) is 77.4 cm³/mol. The van der Waals surface area contributed by atoms with Crippen molar-refractivity contribution in [3.8, 4) is 0 Å². The van der Waals surface area contributed by atoms with E-state index in [1.807, 2.05) is 25.3 Å². The first-order valence-corrected chi connectivity index (χ1v) is 7.47. The second-order valence-corrected chi connectivity index (χ2v) is 5.25. The van der Waals surface area contributed by atoms with E-state index in [-0.39, 0.29) is 12.5 Å². The number of guanidine groups is 1. The Morgan fingerprint density at radius 2 is 2.15 bits per heavy atom. The van der Waals surface area contributed by atoms with Crippen molar-refractivity contribution < 1.29 is 13.2 Å². The lowest BCUT2D eigenvalue weighted by atomic mass is 10.1. The zero-order chi connectivity index (χ0) is 15.0. The van der Waals surface area contributed by atoms with E-state index in [1.54, 1.807) is 11.3 Å². The zero-order valence-electron chi connectivity index (χ0n) is 11.6. The molecule has 0 aliphatic carbocycles. The summed E-state index contributed by atoms with van der Waals surface area (Å²) in [6.07, 6.45) is -5.01. The van der Waals surface area contributed by atoms with Crippen LogP contribution >= 0.6 is 11.3 Å². The van der Waals surface area contributed by atoms with Gasteiger partial charge in [-0.25, -0.2) is 0 Å². The van der Waals surface area contributed by atoms with Gasteiger partial charge in [0.25, 0.3) is 0 Å². The maximum absolute atomic E-state index is 12.1. The number of hydrogen-bond acceptors (Lipinski definition) is 2. The quantitative estimate of drug-likeness (QED) is 0.624. The summed E-state index contributed by atoms with van der Waals surface area (Å²) >= 11 is 1.62. The van der Waals surface area contributed by atoms with Gasteiger partial charge in [0.05, 0.1) is 6.42 Å². The van der Waals surface area contributed by atoms with E-state index < -0.39 is 12.6 Å². The molecule has 0 aromatic carbocycles. The minimum Gasteiger partial charge on any atom is -0.357 e. The number of rotatable bonds is 6. The van der Waals surface area contributed by atoms with Crippen molar-refractivity contribution in [3.05, 3.63) is 22.4 Å². The van der Waals surface area contributed by atoms with Gasteiger partial charge < -0.3 is 10.6 Å². The largest absolute Gasteiger partial charge is 0.390 e. The molecule has 0 fully saturated rings. The Bertz CT molecular complexity index is 401. The number of nitrogens with one attached hydrogen (secondary N) is 2. The maximum atomic E-state index is 12.1. The van der Waals surface area contributed by atoms with Gasteiger partial charge in [0, 0.05) is 25.6 Å². The van der Waals surface area contributed by atoms with Crippen molar-refractivity contribution in [2.24, 2.45) is 4.99 Å². The molecule has 3 nitrogen and oxygen atoms in total. The summed E-state index contributed by atoms with van der Waals surface area (Å²) in [6.45, 7) is 4.92. The number of aliphatic imine (C=N–C) groups is 1. The Morgan fingerprint density at radius 1 is 1.40 bits per heavy atom. The highest BCUT2D eigenvalue weighted by Gasteiger charge is 2.26. The van der Waals surface area contributed by atoms with Crippen LogP contribution in [0.3, 0.4) is 0 Å². The smallest absolute Gasteiger partial charge is 0.357 e. The second kappa shape index (κ2) is 8.14. The van der Waals surface area contributed by atoms with Gasteiger partial charge >= 0.3 is 6.18 Å². The molecule has 0 saturated heterocycles. The molecule has 0 aliphatic heterocycles. The Labute approximate surface area is 121 Å². The van der Waals surface area contributed by atoms with E-state index in [9.17, 15) is 13.2 Å². The molecule has 0 bridgehead atoms. The van der Waals surface area contributed by atoms with Gasteiger partial charge in [0.1, 0.15) is 0 Å². The second-order valence-electron chi connectivity index (χ2n) is 4.47. The molecule has 0 saturated carbocycles. The molecule has 20 heavy (non-hydrogen) atoms. The van der Waals surface area contributed by atoms with E-state index in [2.05, 4.69) is 21.0 Å². The molecular formula is C13H20F3N3S. The highest BCUT2D eigenvalue weighted by molar-refractivity contribution is 7.07. The van der Waals surface area contributed by atoms with Crippen LogP contribution in [0, 0.1) is 0 Å². The van der Waals surface area contributed by atoms with Crippen LogP contribution < -0.4 is 10.6 Å². The highest BCUT2D eigenvalue weighted by atomic mass is 32.1. The van der Waals surface area contributed by atoms with E-state index in [1.165, 1.54) is 5.56 Å². The van der Waals surface area contributed by atoms with E-state index >= 15 is 0 Å². The topological polar surface area (TPSA) is 36.4 Å². The first kappa shape index (κ1) is 16.8. The molecule has 1 aromatic rings. The summed E-state index contributed by atoms with van der Waals surface area (Å²) in [5.74, 6) is 0.679. The fraction of sp³-hybridized carbons (Fsp3) is 0.615. The fourth-order valence-electron chi connectivity index (χ4n) is 1.55. The van der Waals surface area contributed by atoms with Gasteiger partial charge in [0.2, 0.25) is 0 Å². The molecule has 0 radical (unpaired) electrons. The van der Waals surface area contributed by atoms with E-state index in [4.69, 9.17) is 0 Å². The lowest BCUT2D eigenvalue weighted by Crippen LogP contribution is -2.39. The summed E-state index contributed by atoms with van der Waals surface area (Å²) < 4.78 is 36.3. The molecule has 2 N–H and O–H groups in total. The summed E-state index contributed by atoms with van der Waals surface area (Å²) in [6, 6.07) is 2.04. The molecule has 1 unspecified atom stereocenters. The van der Waals surface area contributed by atoms with Crippen molar-refractivity contribution in [3.63, 3.8) is 0 Å². The predicted octanol–water partition coefficient (Wildman–Crippen LogP) is 3.36. The monoisotopic (exact) mass is 307 g/mol. The van der Waals surface area contributed by atoms with Gasteiger partial charge in [-0.15, -0.1) is 0 Å². The Balaban J connectivity index is 2.45. The van der Waals surface area contributed by atoms with Crippen LogP contribution in [0.1, 0.15) is 31.7 Å². The Morgan fingerprint density at radius 3 is 2.70 bits per heavy atom. The zero-order valence-corrected chi connectivity index (χ0v) is 12.4. The van der Waals surface area contributed by atoms with Crippen LogP contribution in [0.15, 0.2) is 21.8 Å². The molecule has 1 atom stereocenters. The van der Waals surface area contributed by atoms with Crippen LogP contribution in [0.4, 0.5) is 13.2 Å². The Hall–Kier alpha value is -1.24. The highest BCUT2D eigenvalue weighted by Crippen LogP contribution is 2.19. The van der Waals surface area contributed by atoms with Gasteiger partial charge in [-0.1, -0.05) is 6.92 Å². The normalized spacial score (nSPS) is 14.2. The van der Waals surface area contributed by atoms with Crippen molar-refractivity contribution >= 4 is 17.3 Å². The molecule has 1 rings (SSSR count). The van der Waals surface area contributed by atoms with Crippen LogP contribution in [0.5, 0.6) is 0 Å². The third-order valence-electron chi connectivity index (χ3n) is 2.68. The minimum atomic E-state index is -4.14. The van der Waals surface area contributed by atoms with Crippen LogP contribution in [-0.2, 0) is 0 Å². The molecule has 114 valence electrons. The molecule has 0 aliphatic rings. The van der Waals surface area contributed by atoms with Crippen LogP contribution in [0.25, 0.3) is 0 Å². The van der Waals surface area contributed by atoms with Crippen molar-refractivity contribution in [2.75, 3.05) is 19.6 Å². The van der Waals surface area contributed by atoms with Gasteiger partial charge in [-0.2, -0.15) is 24.5 Å². The summed E-state index contributed by atoms with van der Waals surface area (Å²) in [5.41, 5.74) is 1.20. The number of alkyl halides is 3. The molecule has 1 aromatic heterocycles. The fourth-order valence-corrected chi connectivity index (χ4v) is 2.34. The Kier molecular flexibility index (Phi) is 6.84. The first-order chi connectivity index (χ1) is 9.42. The van der Waals surface area contributed by atoms with Crippen LogP contribution in [-0.4, -0.2) is 31.8 Å². The lowest BCUT2D eigenvalue weighted by Gasteiger charge is -2.13. The van der Waals surface area contributed by atoms with Crippen molar-refractivity contribution in [2.45, 2.75) is 32.4 Å².